The third-order valence-electron chi connectivity index (χ3n) is 3.71. The van der Waals surface area contributed by atoms with Crippen LogP contribution in [0.5, 0.6) is 0 Å². The molecule has 3 rings (SSSR count). The molecule has 0 unspecified atom stereocenters. The molecule has 0 aliphatic carbocycles. The van der Waals surface area contributed by atoms with Crippen LogP contribution >= 0.6 is 22.9 Å². The quantitative estimate of drug-likeness (QED) is 0.664. The molecule has 0 aliphatic rings. The van der Waals surface area contributed by atoms with Gasteiger partial charge in [0.25, 0.3) is 5.91 Å². The summed E-state index contributed by atoms with van der Waals surface area (Å²) < 4.78 is 5.77. The number of nitrogens with zero attached hydrogens (tertiary/aromatic N) is 1. The lowest BCUT2D eigenvalue weighted by Gasteiger charge is -2.19. The van der Waals surface area contributed by atoms with Gasteiger partial charge in [-0.15, -0.1) is 11.3 Å². The van der Waals surface area contributed by atoms with Crippen molar-refractivity contribution >= 4 is 39.8 Å². The molecule has 0 atom stereocenters. The molecule has 3 nitrogen and oxygen atoms in total. The standard InChI is InChI=1S/C17H16ClNO2S/c1-3-19(10-12-6-5-9-22-12)17(20)15-11(2)13-7-4-8-14(18)16(13)21-15/h4-9H,3,10H2,1-2H3. The third kappa shape index (κ3) is 2.64. The largest absolute Gasteiger partial charge is 0.449 e. The molecule has 0 saturated carbocycles. The van der Waals surface area contributed by atoms with E-state index in [2.05, 4.69) is 0 Å². The minimum atomic E-state index is -0.0966. The SMILES string of the molecule is CCN(Cc1cccs1)C(=O)c1oc2c(Cl)cccc2c1C. The summed E-state index contributed by atoms with van der Waals surface area (Å²) >= 11 is 7.80. The van der Waals surface area contributed by atoms with Gasteiger partial charge >= 0.3 is 0 Å². The second kappa shape index (κ2) is 6.15. The van der Waals surface area contributed by atoms with Gasteiger partial charge in [0.05, 0.1) is 11.6 Å². The van der Waals surface area contributed by atoms with Crippen LogP contribution < -0.4 is 0 Å². The van der Waals surface area contributed by atoms with Crippen molar-refractivity contribution in [1.82, 2.24) is 4.90 Å². The lowest BCUT2D eigenvalue weighted by Crippen LogP contribution is -2.30. The number of thiophene rings is 1. The molecule has 0 radical (unpaired) electrons. The van der Waals surface area contributed by atoms with Gasteiger partial charge in [0, 0.05) is 22.4 Å². The van der Waals surface area contributed by atoms with Crippen LogP contribution in [-0.4, -0.2) is 17.4 Å². The highest BCUT2D eigenvalue weighted by Crippen LogP contribution is 2.31. The molecule has 0 spiro atoms. The predicted octanol–water partition coefficient (Wildman–Crippen LogP) is 5.12. The Morgan fingerprint density at radius 3 is 2.77 bits per heavy atom. The first kappa shape index (κ1) is 15.1. The number of carbonyl (C=O) groups is 1. The fourth-order valence-corrected chi connectivity index (χ4v) is 3.41. The van der Waals surface area contributed by atoms with Crippen molar-refractivity contribution in [3.8, 4) is 0 Å². The number of hydrogen-bond acceptors (Lipinski definition) is 3. The van der Waals surface area contributed by atoms with E-state index in [4.69, 9.17) is 16.0 Å². The summed E-state index contributed by atoms with van der Waals surface area (Å²) in [5.74, 6) is 0.280. The van der Waals surface area contributed by atoms with E-state index in [0.717, 1.165) is 15.8 Å². The van der Waals surface area contributed by atoms with Crippen LogP contribution in [0.1, 0.15) is 27.9 Å². The zero-order chi connectivity index (χ0) is 15.7. The van der Waals surface area contributed by atoms with Crippen LogP contribution in [0.15, 0.2) is 40.1 Å². The molecule has 0 aliphatic heterocycles. The van der Waals surface area contributed by atoms with Crippen LogP contribution in [0.4, 0.5) is 0 Å². The number of hydrogen-bond donors (Lipinski definition) is 0. The smallest absolute Gasteiger partial charge is 0.290 e. The number of aryl methyl sites for hydroxylation is 1. The minimum Gasteiger partial charge on any atom is -0.449 e. The van der Waals surface area contributed by atoms with Crippen molar-refractivity contribution in [2.45, 2.75) is 20.4 Å². The van der Waals surface area contributed by atoms with Crippen molar-refractivity contribution < 1.29 is 9.21 Å². The maximum absolute atomic E-state index is 12.8. The van der Waals surface area contributed by atoms with Crippen LogP contribution in [0.25, 0.3) is 11.0 Å². The number of fused-ring (bicyclic) bond motifs is 1. The Bertz CT molecular complexity index is 808. The highest BCUT2D eigenvalue weighted by atomic mass is 35.5. The molecule has 114 valence electrons. The van der Waals surface area contributed by atoms with E-state index in [-0.39, 0.29) is 5.91 Å². The summed E-state index contributed by atoms with van der Waals surface area (Å²) in [7, 11) is 0. The Balaban J connectivity index is 1.97. The van der Waals surface area contributed by atoms with Gasteiger partial charge in [-0.1, -0.05) is 29.8 Å². The maximum Gasteiger partial charge on any atom is 0.290 e. The lowest BCUT2D eigenvalue weighted by molar-refractivity contribution is 0.0723. The number of rotatable bonds is 4. The number of carbonyl (C=O) groups excluding carboxylic acids is 1. The predicted molar refractivity (Wildman–Crippen MR) is 90.7 cm³/mol. The second-order valence-electron chi connectivity index (χ2n) is 5.07. The van der Waals surface area contributed by atoms with Crippen molar-refractivity contribution in [3.63, 3.8) is 0 Å². The van der Waals surface area contributed by atoms with Gasteiger partial charge in [0.15, 0.2) is 11.3 Å². The third-order valence-corrected chi connectivity index (χ3v) is 4.86. The van der Waals surface area contributed by atoms with E-state index in [1.807, 2.05) is 43.5 Å². The van der Waals surface area contributed by atoms with E-state index in [1.165, 1.54) is 0 Å². The molecule has 5 heteroatoms. The molecule has 1 amide bonds. The van der Waals surface area contributed by atoms with Gasteiger partial charge in [0.1, 0.15) is 0 Å². The molecule has 2 aromatic heterocycles. The molecule has 0 N–H and O–H groups in total. The number of amides is 1. The topological polar surface area (TPSA) is 33.5 Å². The van der Waals surface area contributed by atoms with Gasteiger partial charge in [0.2, 0.25) is 0 Å². The van der Waals surface area contributed by atoms with Crippen molar-refractivity contribution in [3.05, 3.63) is 56.9 Å². The fourth-order valence-electron chi connectivity index (χ4n) is 2.47. The minimum absolute atomic E-state index is 0.0966. The average Bonchev–Trinajstić information content (AvgIpc) is 3.14. The molecule has 2 heterocycles. The zero-order valence-corrected chi connectivity index (χ0v) is 14.0. The maximum atomic E-state index is 12.8. The molecule has 3 aromatic rings. The summed E-state index contributed by atoms with van der Waals surface area (Å²) in [5.41, 5.74) is 1.42. The first-order valence-electron chi connectivity index (χ1n) is 7.11. The lowest BCUT2D eigenvalue weighted by atomic mass is 10.1. The van der Waals surface area contributed by atoms with Gasteiger partial charge in [-0.25, -0.2) is 0 Å². The number of benzene rings is 1. The van der Waals surface area contributed by atoms with E-state index in [9.17, 15) is 4.79 Å². The normalized spacial score (nSPS) is 11.0. The van der Waals surface area contributed by atoms with Gasteiger partial charge in [-0.2, -0.15) is 0 Å². The number of halogens is 1. The number of furan rings is 1. The summed E-state index contributed by atoms with van der Waals surface area (Å²) in [5, 5.41) is 3.43. The zero-order valence-electron chi connectivity index (χ0n) is 12.4. The second-order valence-corrected chi connectivity index (χ2v) is 6.51. The van der Waals surface area contributed by atoms with E-state index in [0.29, 0.717) is 29.5 Å². The summed E-state index contributed by atoms with van der Waals surface area (Å²) in [6.07, 6.45) is 0. The Morgan fingerprint density at radius 2 is 2.14 bits per heavy atom. The molecule has 0 bridgehead atoms. The van der Waals surface area contributed by atoms with Gasteiger partial charge < -0.3 is 9.32 Å². The molecule has 0 fully saturated rings. The Morgan fingerprint density at radius 1 is 1.32 bits per heavy atom. The summed E-state index contributed by atoms with van der Waals surface area (Å²) in [6, 6.07) is 9.58. The van der Waals surface area contributed by atoms with E-state index >= 15 is 0 Å². The molecular weight excluding hydrogens is 318 g/mol. The molecule has 0 saturated heterocycles. The fraction of sp³-hybridized carbons (Fsp3) is 0.235. The molecule has 1 aromatic carbocycles. The average molecular weight is 334 g/mol. The monoisotopic (exact) mass is 333 g/mol. The Labute approximate surface area is 138 Å². The van der Waals surface area contributed by atoms with Crippen LogP contribution in [0.2, 0.25) is 5.02 Å². The van der Waals surface area contributed by atoms with E-state index < -0.39 is 0 Å². The Hall–Kier alpha value is -1.78. The summed E-state index contributed by atoms with van der Waals surface area (Å²) in [6.45, 7) is 5.09. The van der Waals surface area contributed by atoms with Crippen molar-refractivity contribution in [1.29, 1.82) is 0 Å². The molecular formula is C17H16ClNO2S. The van der Waals surface area contributed by atoms with Gasteiger partial charge in [-0.05, 0) is 31.4 Å². The summed E-state index contributed by atoms with van der Waals surface area (Å²) in [4.78, 5) is 15.7. The highest BCUT2D eigenvalue weighted by Gasteiger charge is 2.23. The van der Waals surface area contributed by atoms with Gasteiger partial charge in [-0.3, -0.25) is 4.79 Å². The Kier molecular flexibility index (Phi) is 4.23. The highest BCUT2D eigenvalue weighted by molar-refractivity contribution is 7.09. The van der Waals surface area contributed by atoms with Crippen LogP contribution in [0, 0.1) is 6.92 Å². The van der Waals surface area contributed by atoms with Crippen LogP contribution in [-0.2, 0) is 6.54 Å². The first-order chi connectivity index (χ1) is 10.6. The van der Waals surface area contributed by atoms with Crippen molar-refractivity contribution in [2.75, 3.05) is 6.54 Å². The number of para-hydroxylation sites is 1. The first-order valence-corrected chi connectivity index (χ1v) is 8.36. The van der Waals surface area contributed by atoms with Crippen LogP contribution in [0.3, 0.4) is 0 Å². The van der Waals surface area contributed by atoms with E-state index in [1.54, 1.807) is 22.3 Å². The molecule has 22 heavy (non-hydrogen) atoms. The van der Waals surface area contributed by atoms with Crippen molar-refractivity contribution in [2.24, 2.45) is 0 Å².